The summed E-state index contributed by atoms with van der Waals surface area (Å²) in [5.41, 5.74) is 1.08. The topological polar surface area (TPSA) is 54.9 Å². The van der Waals surface area contributed by atoms with Crippen molar-refractivity contribution in [2.75, 3.05) is 33.4 Å². The Kier molecular flexibility index (Phi) is 9.87. The summed E-state index contributed by atoms with van der Waals surface area (Å²) >= 11 is 0. The van der Waals surface area contributed by atoms with Gasteiger partial charge in [0.2, 0.25) is 0 Å². The van der Waals surface area contributed by atoms with Crippen LogP contribution in [0, 0.1) is 5.92 Å². The van der Waals surface area contributed by atoms with Crippen LogP contribution in [0.4, 0.5) is 0 Å². The molecule has 0 bridgehead atoms. The molecule has 0 saturated carbocycles. The summed E-state index contributed by atoms with van der Waals surface area (Å²) in [6.07, 6.45) is 0.964. The summed E-state index contributed by atoms with van der Waals surface area (Å²) in [5.74, 6) is 2.28. The van der Waals surface area contributed by atoms with Gasteiger partial charge in [-0.1, -0.05) is 32.0 Å². The van der Waals surface area contributed by atoms with Gasteiger partial charge in [-0.15, -0.1) is 0 Å². The van der Waals surface area contributed by atoms with Gasteiger partial charge in [-0.25, -0.2) is 4.99 Å². The smallest absolute Gasteiger partial charge is 0.191 e. The highest BCUT2D eigenvalue weighted by Crippen LogP contribution is 2.17. The summed E-state index contributed by atoms with van der Waals surface area (Å²) in [6.45, 7) is 10.2. The molecule has 5 heteroatoms. The van der Waals surface area contributed by atoms with Crippen molar-refractivity contribution in [3.8, 4) is 5.75 Å². The summed E-state index contributed by atoms with van der Waals surface area (Å²) in [5, 5.41) is 6.59. The minimum absolute atomic E-state index is 0.586. The number of benzene rings is 1. The van der Waals surface area contributed by atoms with Crippen LogP contribution < -0.4 is 15.4 Å². The van der Waals surface area contributed by atoms with E-state index in [-0.39, 0.29) is 0 Å². The van der Waals surface area contributed by atoms with E-state index in [2.05, 4.69) is 36.4 Å². The Bertz CT molecular complexity index is 461. The molecule has 0 aliphatic carbocycles. The molecule has 0 radical (unpaired) electrons. The minimum atomic E-state index is 0.586. The standard InChI is InChI=1S/C18H31N3O2/c1-5-19-18(20-11-8-12-23-14-15(2)3)21-13-16-9-6-7-10-17(16)22-4/h6-7,9-10,15H,5,8,11-14H2,1-4H3,(H2,19,20,21). The highest BCUT2D eigenvalue weighted by atomic mass is 16.5. The first kappa shape index (κ1) is 19.3. The monoisotopic (exact) mass is 321 g/mol. The molecule has 0 spiro atoms. The number of hydrogen-bond donors (Lipinski definition) is 2. The Labute approximate surface area is 140 Å². The second kappa shape index (κ2) is 11.8. The van der Waals surface area contributed by atoms with Crippen molar-refractivity contribution >= 4 is 5.96 Å². The maximum Gasteiger partial charge on any atom is 0.191 e. The molecule has 0 aromatic heterocycles. The molecule has 0 unspecified atom stereocenters. The highest BCUT2D eigenvalue weighted by Gasteiger charge is 2.02. The Morgan fingerprint density at radius 3 is 2.70 bits per heavy atom. The number of aliphatic imine (C=N–C) groups is 1. The SMILES string of the molecule is CCNC(=NCc1ccccc1OC)NCCCOCC(C)C. The lowest BCUT2D eigenvalue weighted by atomic mass is 10.2. The molecule has 23 heavy (non-hydrogen) atoms. The number of methoxy groups -OCH3 is 1. The zero-order valence-corrected chi connectivity index (χ0v) is 14.9. The predicted molar refractivity (Wildman–Crippen MR) is 96.1 cm³/mol. The number of guanidine groups is 1. The van der Waals surface area contributed by atoms with Crippen LogP contribution in [0.15, 0.2) is 29.3 Å². The van der Waals surface area contributed by atoms with E-state index in [1.807, 2.05) is 24.3 Å². The first-order valence-electron chi connectivity index (χ1n) is 8.39. The summed E-state index contributed by atoms with van der Waals surface area (Å²) in [7, 11) is 1.68. The Hall–Kier alpha value is -1.75. The quantitative estimate of drug-likeness (QED) is 0.395. The molecule has 130 valence electrons. The van der Waals surface area contributed by atoms with Crippen LogP contribution in [0.5, 0.6) is 5.75 Å². The van der Waals surface area contributed by atoms with Crippen LogP contribution in [0.2, 0.25) is 0 Å². The molecule has 1 aromatic rings. The predicted octanol–water partition coefficient (Wildman–Crippen LogP) is 2.81. The Balaban J connectivity index is 2.41. The first-order chi connectivity index (χ1) is 11.2. The van der Waals surface area contributed by atoms with Gasteiger partial charge in [0.25, 0.3) is 0 Å². The van der Waals surface area contributed by atoms with E-state index in [1.54, 1.807) is 7.11 Å². The summed E-state index contributed by atoms with van der Waals surface area (Å²) in [6, 6.07) is 7.95. The fourth-order valence-electron chi connectivity index (χ4n) is 2.04. The number of nitrogens with zero attached hydrogens (tertiary/aromatic N) is 1. The van der Waals surface area contributed by atoms with Gasteiger partial charge in [-0.05, 0) is 25.3 Å². The fourth-order valence-corrected chi connectivity index (χ4v) is 2.04. The van der Waals surface area contributed by atoms with Gasteiger partial charge < -0.3 is 20.1 Å². The maximum atomic E-state index is 5.58. The lowest BCUT2D eigenvalue weighted by Crippen LogP contribution is -2.38. The lowest BCUT2D eigenvalue weighted by Gasteiger charge is -2.12. The number of rotatable bonds is 10. The summed E-state index contributed by atoms with van der Waals surface area (Å²) in [4.78, 5) is 4.61. The second-order valence-corrected chi connectivity index (χ2v) is 5.76. The zero-order valence-electron chi connectivity index (χ0n) is 14.9. The van der Waals surface area contributed by atoms with Crippen molar-refractivity contribution < 1.29 is 9.47 Å². The molecule has 0 saturated heterocycles. The largest absolute Gasteiger partial charge is 0.496 e. The second-order valence-electron chi connectivity index (χ2n) is 5.76. The van der Waals surface area contributed by atoms with Gasteiger partial charge in [-0.3, -0.25) is 0 Å². The van der Waals surface area contributed by atoms with Gasteiger partial charge in [0.1, 0.15) is 5.75 Å². The number of hydrogen-bond acceptors (Lipinski definition) is 3. The summed E-state index contributed by atoms with van der Waals surface area (Å²) < 4.78 is 10.9. The molecule has 2 N–H and O–H groups in total. The van der Waals surface area contributed by atoms with E-state index in [4.69, 9.17) is 9.47 Å². The van der Waals surface area contributed by atoms with Crippen LogP contribution in [0.25, 0.3) is 0 Å². The average Bonchev–Trinajstić information content (AvgIpc) is 2.55. The van der Waals surface area contributed by atoms with E-state index in [1.165, 1.54) is 0 Å². The molecule has 0 aliphatic heterocycles. The van der Waals surface area contributed by atoms with Crippen molar-refractivity contribution in [1.29, 1.82) is 0 Å². The van der Waals surface area contributed by atoms with E-state index in [0.717, 1.165) is 50.0 Å². The van der Waals surface area contributed by atoms with E-state index < -0.39 is 0 Å². The third kappa shape index (κ3) is 8.45. The van der Waals surface area contributed by atoms with E-state index >= 15 is 0 Å². The Morgan fingerprint density at radius 1 is 1.22 bits per heavy atom. The van der Waals surface area contributed by atoms with Gasteiger partial charge >= 0.3 is 0 Å². The normalized spacial score (nSPS) is 11.6. The average molecular weight is 321 g/mol. The van der Waals surface area contributed by atoms with Gasteiger partial charge in [0.05, 0.1) is 13.7 Å². The van der Waals surface area contributed by atoms with E-state index in [9.17, 15) is 0 Å². The van der Waals surface area contributed by atoms with Crippen molar-refractivity contribution in [2.24, 2.45) is 10.9 Å². The molecule has 5 nitrogen and oxygen atoms in total. The van der Waals surface area contributed by atoms with Crippen molar-refractivity contribution in [3.63, 3.8) is 0 Å². The number of ether oxygens (including phenoxy) is 2. The van der Waals surface area contributed by atoms with Gasteiger partial charge in [-0.2, -0.15) is 0 Å². The zero-order chi connectivity index (χ0) is 16.9. The number of para-hydroxylation sites is 1. The molecule has 0 aliphatic rings. The minimum Gasteiger partial charge on any atom is -0.496 e. The molecule has 1 aromatic carbocycles. The molecular weight excluding hydrogens is 290 g/mol. The van der Waals surface area contributed by atoms with E-state index in [0.29, 0.717) is 12.5 Å². The Morgan fingerprint density at radius 2 is 2.00 bits per heavy atom. The number of nitrogens with one attached hydrogen (secondary N) is 2. The van der Waals surface area contributed by atoms with Crippen LogP contribution in [-0.4, -0.2) is 39.4 Å². The third-order valence-electron chi connectivity index (χ3n) is 3.15. The molecule has 0 heterocycles. The maximum absolute atomic E-state index is 5.58. The van der Waals surface area contributed by atoms with Crippen molar-refractivity contribution in [2.45, 2.75) is 33.7 Å². The molecule has 0 amide bonds. The third-order valence-corrected chi connectivity index (χ3v) is 3.15. The van der Waals surface area contributed by atoms with Crippen molar-refractivity contribution in [1.82, 2.24) is 10.6 Å². The van der Waals surface area contributed by atoms with Crippen LogP contribution >= 0.6 is 0 Å². The fraction of sp³-hybridized carbons (Fsp3) is 0.611. The first-order valence-corrected chi connectivity index (χ1v) is 8.39. The molecule has 0 fully saturated rings. The highest BCUT2D eigenvalue weighted by molar-refractivity contribution is 5.79. The molecule has 1 rings (SSSR count). The van der Waals surface area contributed by atoms with Crippen LogP contribution in [-0.2, 0) is 11.3 Å². The molecule has 0 atom stereocenters. The lowest BCUT2D eigenvalue weighted by molar-refractivity contribution is 0.108. The van der Waals surface area contributed by atoms with Crippen molar-refractivity contribution in [3.05, 3.63) is 29.8 Å². The van der Waals surface area contributed by atoms with Gasteiger partial charge in [0.15, 0.2) is 5.96 Å². The molecular formula is C18H31N3O2. The van der Waals surface area contributed by atoms with Crippen LogP contribution in [0.1, 0.15) is 32.8 Å². The van der Waals surface area contributed by atoms with Gasteiger partial charge in [0, 0.05) is 31.9 Å². The van der Waals surface area contributed by atoms with Crippen LogP contribution in [0.3, 0.4) is 0 Å².